The van der Waals surface area contributed by atoms with E-state index in [1.54, 1.807) is 0 Å². The third-order valence-electron chi connectivity index (χ3n) is 13.8. The van der Waals surface area contributed by atoms with Crippen LogP contribution >= 0.6 is 22.7 Å². The molecule has 1 atom stereocenters. The highest BCUT2D eigenvalue weighted by Gasteiger charge is 2.52. The first-order valence-corrected chi connectivity index (χ1v) is 23.9. The van der Waals surface area contributed by atoms with Crippen LogP contribution in [-0.4, -0.2) is 0 Å². The van der Waals surface area contributed by atoms with Gasteiger partial charge in [-0.15, -0.1) is 22.7 Å². The Labute approximate surface area is 385 Å². The number of hydrogen-bond donors (Lipinski definition) is 0. The SMILES string of the molecule is c1ccc(N(c2ccc3c(c2)C2(c4ccccc4-3)c3ccccc3-c3c(N(c4ccccc4)c4cccc5c4sc4ccccc45)cccc32)c2ccc3sc4ccccc4c3c2)cc1. The zero-order chi connectivity index (χ0) is 42.6. The Balaban J connectivity index is 1.03. The highest BCUT2D eigenvalue weighted by molar-refractivity contribution is 7.26. The van der Waals surface area contributed by atoms with Gasteiger partial charge in [-0.05, 0) is 118 Å². The Morgan fingerprint density at radius 1 is 0.292 bits per heavy atom. The van der Waals surface area contributed by atoms with E-state index < -0.39 is 5.41 Å². The largest absolute Gasteiger partial charge is 0.310 e. The van der Waals surface area contributed by atoms with Crippen LogP contribution in [0.4, 0.5) is 34.1 Å². The molecule has 1 spiro atoms. The van der Waals surface area contributed by atoms with Crippen LogP contribution in [0.5, 0.6) is 0 Å². The van der Waals surface area contributed by atoms with E-state index in [9.17, 15) is 0 Å². The molecule has 2 aliphatic rings. The molecule has 2 aliphatic carbocycles. The summed E-state index contributed by atoms with van der Waals surface area (Å²) in [5.74, 6) is 0. The molecule has 0 bridgehead atoms. The van der Waals surface area contributed by atoms with Crippen LogP contribution in [-0.2, 0) is 5.41 Å². The van der Waals surface area contributed by atoms with Gasteiger partial charge >= 0.3 is 0 Å². The summed E-state index contributed by atoms with van der Waals surface area (Å²) in [5.41, 5.74) is 16.7. The minimum Gasteiger partial charge on any atom is -0.310 e. The number of hydrogen-bond acceptors (Lipinski definition) is 4. The second-order valence-electron chi connectivity index (χ2n) is 17.1. The van der Waals surface area contributed by atoms with Crippen molar-refractivity contribution >= 4 is 97.1 Å². The predicted octanol–water partition coefficient (Wildman–Crippen LogP) is 17.7. The van der Waals surface area contributed by atoms with Gasteiger partial charge in [-0.1, -0.05) is 152 Å². The van der Waals surface area contributed by atoms with Crippen molar-refractivity contribution < 1.29 is 0 Å². The van der Waals surface area contributed by atoms with Crippen molar-refractivity contribution in [2.75, 3.05) is 9.80 Å². The molecule has 2 nitrogen and oxygen atoms in total. The van der Waals surface area contributed by atoms with Gasteiger partial charge in [0, 0.05) is 64.0 Å². The highest BCUT2D eigenvalue weighted by atomic mass is 32.1. The molecule has 14 rings (SSSR count). The molecule has 1 unspecified atom stereocenters. The molecule has 0 saturated carbocycles. The Hall–Kier alpha value is -7.76. The topological polar surface area (TPSA) is 6.48 Å². The monoisotopic (exact) mass is 862 g/mol. The van der Waals surface area contributed by atoms with Crippen LogP contribution in [0.25, 0.3) is 62.6 Å². The Bertz CT molecular complexity index is 3870. The van der Waals surface area contributed by atoms with E-state index in [4.69, 9.17) is 0 Å². The van der Waals surface area contributed by atoms with E-state index in [0.717, 1.165) is 22.7 Å². The van der Waals surface area contributed by atoms with E-state index in [1.807, 2.05) is 22.7 Å². The number of thiophene rings is 2. The number of fused-ring (bicyclic) bond motifs is 16. The summed E-state index contributed by atoms with van der Waals surface area (Å²) in [6.07, 6.45) is 0. The average Bonchev–Trinajstić information content (AvgIpc) is 4.11. The van der Waals surface area contributed by atoms with Gasteiger partial charge in [0.25, 0.3) is 0 Å². The minimum atomic E-state index is -0.564. The van der Waals surface area contributed by atoms with Crippen molar-refractivity contribution in [1.29, 1.82) is 0 Å². The lowest BCUT2D eigenvalue weighted by Crippen LogP contribution is -2.26. The number of nitrogens with zero attached hydrogens (tertiary/aromatic N) is 2. The summed E-state index contributed by atoms with van der Waals surface area (Å²) in [6, 6.07) is 85.8. The van der Waals surface area contributed by atoms with Gasteiger partial charge in [0.05, 0.1) is 21.5 Å². The lowest BCUT2D eigenvalue weighted by atomic mass is 9.70. The molecular weight excluding hydrogens is 825 g/mol. The van der Waals surface area contributed by atoms with Crippen molar-refractivity contribution in [2.45, 2.75) is 5.41 Å². The van der Waals surface area contributed by atoms with Gasteiger partial charge in [0.15, 0.2) is 0 Å². The van der Waals surface area contributed by atoms with E-state index in [-0.39, 0.29) is 0 Å². The summed E-state index contributed by atoms with van der Waals surface area (Å²) in [7, 11) is 0. The lowest BCUT2D eigenvalue weighted by Gasteiger charge is -2.33. The third kappa shape index (κ3) is 5.21. The Kier molecular flexibility index (Phi) is 7.97. The van der Waals surface area contributed by atoms with Crippen molar-refractivity contribution in [3.8, 4) is 22.3 Å². The first-order valence-electron chi connectivity index (χ1n) is 22.3. The summed E-state index contributed by atoms with van der Waals surface area (Å²) in [5, 5.41) is 5.17. The van der Waals surface area contributed by atoms with Crippen molar-refractivity contribution in [1.82, 2.24) is 0 Å². The number of rotatable bonds is 6. The summed E-state index contributed by atoms with van der Waals surface area (Å²) in [6.45, 7) is 0. The number of anilines is 6. The summed E-state index contributed by atoms with van der Waals surface area (Å²) >= 11 is 3.74. The van der Waals surface area contributed by atoms with E-state index >= 15 is 0 Å². The van der Waals surface area contributed by atoms with E-state index in [0.29, 0.717) is 0 Å². The molecule has 0 radical (unpaired) electrons. The van der Waals surface area contributed by atoms with Gasteiger partial charge in [-0.3, -0.25) is 0 Å². The maximum absolute atomic E-state index is 2.52. The fourth-order valence-corrected chi connectivity index (χ4v) is 13.5. The molecule has 65 heavy (non-hydrogen) atoms. The van der Waals surface area contributed by atoms with Gasteiger partial charge in [0.2, 0.25) is 0 Å². The molecule has 12 aromatic rings. The van der Waals surface area contributed by atoms with Crippen molar-refractivity contribution in [3.05, 3.63) is 253 Å². The molecule has 2 heterocycles. The standard InChI is InChI=1S/C61H38N2S2/c1-3-17-39(18-4-1)62(41-34-36-58-49(37-41)46-23-10-13-31-56(46)64-58)42-33-35-44-43-21-7-11-26-50(43)61(53(44)38-42)51-27-12-8-24-48(51)59-52(61)28-16-29-54(59)63(40-19-5-2-6-20-40)55-30-15-25-47-45-22-9-14-32-57(45)65-60(47)55/h1-38H. The van der Waals surface area contributed by atoms with Gasteiger partial charge in [-0.2, -0.15) is 0 Å². The molecular formula is C61H38N2S2. The molecule has 0 amide bonds. The van der Waals surface area contributed by atoms with Crippen LogP contribution in [0.15, 0.2) is 231 Å². The quantitative estimate of drug-likeness (QED) is 0.164. The average molecular weight is 863 g/mol. The summed E-state index contributed by atoms with van der Waals surface area (Å²) in [4.78, 5) is 4.97. The van der Waals surface area contributed by atoms with Crippen LogP contribution < -0.4 is 9.80 Å². The second-order valence-corrected chi connectivity index (χ2v) is 19.3. The van der Waals surface area contributed by atoms with Gasteiger partial charge < -0.3 is 9.80 Å². The van der Waals surface area contributed by atoms with E-state index in [1.165, 1.54) is 96.2 Å². The molecule has 304 valence electrons. The fourth-order valence-electron chi connectivity index (χ4n) is 11.3. The molecule has 0 aliphatic heterocycles. The van der Waals surface area contributed by atoms with Crippen LogP contribution in [0.3, 0.4) is 0 Å². The van der Waals surface area contributed by atoms with Crippen LogP contribution in [0.1, 0.15) is 22.3 Å². The normalized spacial score (nSPS) is 14.5. The van der Waals surface area contributed by atoms with Gasteiger partial charge in [0.1, 0.15) is 0 Å². The van der Waals surface area contributed by atoms with Crippen LogP contribution in [0.2, 0.25) is 0 Å². The highest BCUT2D eigenvalue weighted by Crippen LogP contribution is 2.65. The van der Waals surface area contributed by atoms with E-state index in [2.05, 4.69) is 240 Å². The Morgan fingerprint density at radius 3 is 1.60 bits per heavy atom. The molecule has 0 saturated heterocycles. The van der Waals surface area contributed by atoms with Crippen LogP contribution in [0, 0.1) is 0 Å². The van der Waals surface area contributed by atoms with Crippen molar-refractivity contribution in [2.24, 2.45) is 0 Å². The maximum atomic E-state index is 2.52. The Morgan fingerprint density at radius 2 is 0.815 bits per heavy atom. The fraction of sp³-hybridized carbons (Fsp3) is 0.0164. The minimum absolute atomic E-state index is 0.564. The zero-order valence-electron chi connectivity index (χ0n) is 35.2. The zero-order valence-corrected chi connectivity index (χ0v) is 36.8. The first kappa shape index (κ1) is 36.7. The second kappa shape index (κ2) is 14.1. The number of para-hydroxylation sites is 2. The molecule has 0 N–H and O–H groups in total. The smallest absolute Gasteiger partial charge is 0.0727 e. The first-order chi connectivity index (χ1) is 32.3. The third-order valence-corrected chi connectivity index (χ3v) is 16.2. The molecule has 2 aromatic heterocycles. The predicted molar refractivity (Wildman–Crippen MR) is 278 cm³/mol. The van der Waals surface area contributed by atoms with Gasteiger partial charge in [-0.25, -0.2) is 0 Å². The maximum Gasteiger partial charge on any atom is 0.0727 e. The lowest BCUT2D eigenvalue weighted by molar-refractivity contribution is 0.793. The molecule has 0 fully saturated rings. The molecule has 4 heteroatoms. The summed E-state index contributed by atoms with van der Waals surface area (Å²) < 4.78 is 5.20. The van der Waals surface area contributed by atoms with Crippen molar-refractivity contribution in [3.63, 3.8) is 0 Å². The molecule has 10 aromatic carbocycles. The number of benzene rings is 10.